The Kier molecular flexibility index (Phi) is 4.63. The zero-order chi connectivity index (χ0) is 15.8. The summed E-state index contributed by atoms with van der Waals surface area (Å²) in [5, 5.41) is 4.20. The van der Waals surface area contributed by atoms with Crippen molar-refractivity contribution in [2.45, 2.75) is 38.6 Å². The highest BCUT2D eigenvalue weighted by Gasteiger charge is 2.21. The predicted molar refractivity (Wildman–Crippen MR) is 84.5 cm³/mol. The molecule has 21 heavy (non-hydrogen) atoms. The van der Waals surface area contributed by atoms with Crippen molar-refractivity contribution >= 4 is 32.6 Å². The summed E-state index contributed by atoms with van der Waals surface area (Å²) in [7, 11) is -1.20. The molecule has 0 aliphatic heterocycles. The Bertz CT molecular complexity index is 746. The minimum Gasteiger partial charge on any atom is -0.311 e. The number of hydrogen-bond donors (Lipinski definition) is 0. The molecule has 118 valence electrons. The van der Waals surface area contributed by atoms with Gasteiger partial charge in [-0.25, -0.2) is 13.4 Å². The molecule has 8 heteroatoms. The lowest BCUT2D eigenvalue weighted by Crippen LogP contribution is -2.15. The average Bonchev–Trinajstić information content (AvgIpc) is 2.86. The minimum absolute atomic E-state index is 0.0589. The molecule has 1 atom stereocenters. The predicted octanol–water partition coefficient (Wildman–Crippen LogP) is 2.07. The van der Waals surface area contributed by atoms with E-state index in [1.54, 1.807) is 4.68 Å². The molecule has 0 bridgehead atoms. The van der Waals surface area contributed by atoms with Gasteiger partial charge in [-0.1, -0.05) is 13.3 Å². The van der Waals surface area contributed by atoms with E-state index in [4.69, 9.17) is 11.6 Å². The second-order valence-corrected chi connectivity index (χ2v) is 8.27. The molecule has 0 saturated carbocycles. The van der Waals surface area contributed by atoms with E-state index in [-0.39, 0.29) is 11.1 Å². The number of rotatable bonds is 6. The second kappa shape index (κ2) is 5.96. The molecule has 0 aliphatic rings. The molecule has 6 nitrogen and oxygen atoms in total. The van der Waals surface area contributed by atoms with Crippen LogP contribution in [0.1, 0.15) is 37.2 Å². The van der Waals surface area contributed by atoms with Crippen molar-refractivity contribution in [3.8, 4) is 0 Å². The van der Waals surface area contributed by atoms with Crippen LogP contribution in [0.3, 0.4) is 0 Å². The van der Waals surface area contributed by atoms with Crippen molar-refractivity contribution in [3.63, 3.8) is 0 Å². The van der Waals surface area contributed by atoms with Gasteiger partial charge in [-0.15, -0.1) is 11.6 Å². The molecule has 0 fully saturated rings. The maximum atomic E-state index is 11.4. The van der Waals surface area contributed by atoms with Gasteiger partial charge in [-0.2, -0.15) is 5.10 Å². The van der Waals surface area contributed by atoms with Crippen molar-refractivity contribution in [2.24, 2.45) is 7.05 Å². The quantitative estimate of drug-likeness (QED) is 0.759. The van der Waals surface area contributed by atoms with Crippen molar-refractivity contribution in [3.05, 3.63) is 11.5 Å². The van der Waals surface area contributed by atoms with Gasteiger partial charge in [-0.3, -0.25) is 4.68 Å². The molecule has 2 heterocycles. The van der Waals surface area contributed by atoms with Crippen LogP contribution in [0.4, 0.5) is 0 Å². The van der Waals surface area contributed by atoms with E-state index in [2.05, 4.69) is 17.0 Å². The molecule has 2 aromatic heterocycles. The van der Waals surface area contributed by atoms with Gasteiger partial charge in [0.2, 0.25) is 0 Å². The molecule has 1 unspecified atom stereocenters. The lowest BCUT2D eigenvalue weighted by molar-refractivity contribution is 0.591. The van der Waals surface area contributed by atoms with Crippen molar-refractivity contribution in [2.75, 3.05) is 12.0 Å². The number of fused-ring (bicyclic) bond motifs is 1. The van der Waals surface area contributed by atoms with Crippen LogP contribution in [0, 0.1) is 0 Å². The van der Waals surface area contributed by atoms with E-state index in [0.29, 0.717) is 12.4 Å². The summed E-state index contributed by atoms with van der Waals surface area (Å²) in [4.78, 5) is 4.61. The Morgan fingerprint density at radius 1 is 1.38 bits per heavy atom. The molecule has 0 N–H and O–H groups in total. The van der Waals surface area contributed by atoms with Crippen molar-refractivity contribution in [1.29, 1.82) is 0 Å². The fourth-order valence-corrected chi connectivity index (χ4v) is 3.13. The molecular formula is C13H21ClN4O2S. The molecule has 0 spiro atoms. The van der Waals surface area contributed by atoms with Gasteiger partial charge in [0.25, 0.3) is 0 Å². The highest BCUT2D eigenvalue weighted by atomic mass is 35.5. The number of sulfone groups is 1. The van der Waals surface area contributed by atoms with Gasteiger partial charge < -0.3 is 4.57 Å². The Labute approximate surface area is 130 Å². The third-order valence-electron chi connectivity index (χ3n) is 3.35. The standard InChI is InChI=1S/C13H21ClN4O2S/c1-5-6-10-11-13(17(3)16-10)18(7-8-21(4,19)20)12(15-11)9(2)14/h9H,5-8H2,1-4H3. The van der Waals surface area contributed by atoms with Gasteiger partial charge in [0.15, 0.2) is 5.65 Å². The van der Waals surface area contributed by atoms with Gasteiger partial charge in [0.1, 0.15) is 21.2 Å². The summed E-state index contributed by atoms with van der Waals surface area (Å²) < 4.78 is 26.5. The van der Waals surface area contributed by atoms with Crippen LogP contribution < -0.4 is 0 Å². The molecular weight excluding hydrogens is 312 g/mol. The number of hydrogen-bond acceptors (Lipinski definition) is 4. The fraction of sp³-hybridized carbons (Fsp3) is 0.692. The minimum atomic E-state index is -3.05. The number of alkyl halides is 1. The van der Waals surface area contributed by atoms with Crippen LogP contribution in [0.25, 0.3) is 11.2 Å². The second-order valence-electron chi connectivity index (χ2n) is 5.36. The average molecular weight is 333 g/mol. The largest absolute Gasteiger partial charge is 0.311 e. The van der Waals surface area contributed by atoms with E-state index in [1.165, 1.54) is 6.26 Å². The topological polar surface area (TPSA) is 69.8 Å². The first-order valence-electron chi connectivity index (χ1n) is 6.98. The Morgan fingerprint density at radius 3 is 2.57 bits per heavy atom. The summed E-state index contributed by atoms with van der Waals surface area (Å²) >= 11 is 6.21. The lowest BCUT2D eigenvalue weighted by Gasteiger charge is -2.10. The molecule has 0 aliphatic carbocycles. The first-order valence-corrected chi connectivity index (χ1v) is 9.48. The number of halogens is 1. The van der Waals surface area contributed by atoms with Crippen LogP contribution in [0.5, 0.6) is 0 Å². The zero-order valence-corrected chi connectivity index (χ0v) is 14.4. The third kappa shape index (κ3) is 3.40. The molecule has 2 aromatic rings. The van der Waals surface area contributed by atoms with E-state index >= 15 is 0 Å². The Hall–Kier alpha value is -1.08. The van der Waals surface area contributed by atoms with Gasteiger partial charge >= 0.3 is 0 Å². The first-order chi connectivity index (χ1) is 9.74. The van der Waals surface area contributed by atoms with E-state index in [0.717, 1.165) is 29.7 Å². The smallest absolute Gasteiger partial charge is 0.158 e. The third-order valence-corrected chi connectivity index (χ3v) is 4.47. The molecule has 0 saturated heterocycles. The summed E-state index contributed by atoms with van der Waals surface area (Å²) in [6, 6.07) is 0. The Balaban J connectivity index is 2.56. The molecule has 2 rings (SSSR count). The monoisotopic (exact) mass is 332 g/mol. The first kappa shape index (κ1) is 16.3. The summed E-state index contributed by atoms with van der Waals surface area (Å²) in [6.45, 7) is 4.27. The maximum Gasteiger partial charge on any atom is 0.158 e. The van der Waals surface area contributed by atoms with E-state index in [9.17, 15) is 8.42 Å². The number of aromatic nitrogens is 4. The van der Waals surface area contributed by atoms with Gasteiger partial charge in [0, 0.05) is 19.8 Å². The van der Waals surface area contributed by atoms with Crippen molar-refractivity contribution < 1.29 is 8.42 Å². The molecule has 0 radical (unpaired) electrons. The molecule has 0 amide bonds. The van der Waals surface area contributed by atoms with E-state index < -0.39 is 9.84 Å². The van der Waals surface area contributed by atoms with Crippen LogP contribution in [-0.4, -0.2) is 39.8 Å². The van der Waals surface area contributed by atoms with Crippen LogP contribution in [-0.2, 0) is 29.9 Å². The fourth-order valence-electron chi connectivity index (χ4n) is 2.45. The SMILES string of the molecule is CCCc1nn(C)c2c1nc(C(C)Cl)n2CCS(C)(=O)=O. The Morgan fingerprint density at radius 2 is 2.05 bits per heavy atom. The summed E-state index contributed by atoms with van der Waals surface area (Å²) in [6.07, 6.45) is 3.06. The highest BCUT2D eigenvalue weighted by Crippen LogP contribution is 2.26. The summed E-state index contributed by atoms with van der Waals surface area (Å²) in [5.74, 6) is 0.754. The number of imidazole rings is 1. The number of nitrogens with zero attached hydrogens (tertiary/aromatic N) is 4. The van der Waals surface area contributed by atoms with Gasteiger partial charge in [0.05, 0.1) is 16.8 Å². The number of aryl methyl sites for hydroxylation is 3. The van der Waals surface area contributed by atoms with Gasteiger partial charge in [-0.05, 0) is 13.3 Å². The highest BCUT2D eigenvalue weighted by molar-refractivity contribution is 7.90. The maximum absolute atomic E-state index is 11.4. The van der Waals surface area contributed by atoms with E-state index in [1.807, 2.05) is 18.5 Å². The van der Waals surface area contributed by atoms with Crippen LogP contribution in [0.15, 0.2) is 0 Å². The van der Waals surface area contributed by atoms with Crippen molar-refractivity contribution in [1.82, 2.24) is 19.3 Å². The molecule has 0 aromatic carbocycles. The van der Waals surface area contributed by atoms with Crippen LogP contribution in [0.2, 0.25) is 0 Å². The van der Waals surface area contributed by atoms with Crippen LogP contribution >= 0.6 is 11.6 Å². The summed E-state index contributed by atoms with van der Waals surface area (Å²) in [5.41, 5.74) is 2.60. The normalized spacial score (nSPS) is 14.0. The lowest BCUT2D eigenvalue weighted by atomic mass is 10.2. The zero-order valence-electron chi connectivity index (χ0n) is 12.8.